The molecule has 0 radical (unpaired) electrons. The minimum atomic E-state index is -0.369. The van der Waals surface area contributed by atoms with Crippen LogP contribution < -0.4 is 5.32 Å². The molecule has 3 unspecified atom stereocenters. The van der Waals surface area contributed by atoms with Gasteiger partial charge in [0.25, 0.3) is 0 Å². The molecule has 0 spiro atoms. The van der Waals surface area contributed by atoms with Crippen molar-refractivity contribution >= 4 is 11.6 Å². The molecule has 3 atom stereocenters. The molecule has 2 aromatic carbocycles. The van der Waals surface area contributed by atoms with Gasteiger partial charge in [-0.15, -0.1) is 0 Å². The molecule has 134 valence electrons. The largest absolute Gasteiger partial charge is 0.391 e. The van der Waals surface area contributed by atoms with Gasteiger partial charge in [-0.1, -0.05) is 60.5 Å². The van der Waals surface area contributed by atoms with Crippen molar-refractivity contribution in [3.63, 3.8) is 0 Å². The fourth-order valence-electron chi connectivity index (χ4n) is 3.88. The first-order valence-electron chi connectivity index (χ1n) is 9.41. The first kappa shape index (κ1) is 18.4. The summed E-state index contributed by atoms with van der Waals surface area (Å²) >= 11 is 6.01. The summed E-state index contributed by atoms with van der Waals surface area (Å²) in [5.41, 5.74) is 2.57. The Bertz CT molecular complexity index is 645. The fraction of sp³-hybridized carbons (Fsp3) is 0.455. The first-order chi connectivity index (χ1) is 12.2. The van der Waals surface area contributed by atoms with E-state index in [-0.39, 0.29) is 6.10 Å². The minimum absolute atomic E-state index is 0.369. The van der Waals surface area contributed by atoms with Crippen LogP contribution in [0.15, 0.2) is 54.6 Å². The Labute approximate surface area is 156 Å². The quantitative estimate of drug-likeness (QED) is 0.717. The summed E-state index contributed by atoms with van der Waals surface area (Å²) in [5, 5.41) is 14.6. The summed E-state index contributed by atoms with van der Waals surface area (Å²) in [6, 6.07) is 19.2. The van der Waals surface area contributed by atoms with Crippen LogP contribution in [0.2, 0.25) is 5.02 Å². The molecule has 1 aliphatic rings. The lowest BCUT2D eigenvalue weighted by Gasteiger charge is -2.19. The number of halogens is 1. The molecule has 0 heterocycles. The zero-order valence-corrected chi connectivity index (χ0v) is 15.5. The highest BCUT2D eigenvalue weighted by atomic mass is 35.5. The summed E-state index contributed by atoms with van der Waals surface area (Å²) in [7, 11) is 0. The Balaban J connectivity index is 1.44. The third kappa shape index (κ3) is 5.85. The van der Waals surface area contributed by atoms with Gasteiger partial charge in [0.1, 0.15) is 0 Å². The SMILES string of the molecule is OC(CNC1CCCC(c2ccccc2)CC1)Cc1cccc(Cl)c1. The van der Waals surface area contributed by atoms with Crippen LogP contribution in [0.1, 0.15) is 49.1 Å². The molecule has 0 bridgehead atoms. The number of benzene rings is 2. The van der Waals surface area contributed by atoms with E-state index in [4.69, 9.17) is 11.6 Å². The van der Waals surface area contributed by atoms with Crippen LogP contribution in [0, 0.1) is 0 Å². The van der Waals surface area contributed by atoms with E-state index < -0.39 is 0 Å². The van der Waals surface area contributed by atoms with E-state index in [1.165, 1.54) is 37.7 Å². The van der Waals surface area contributed by atoms with Gasteiger partial charge in [0.15, 0.2) is 0 Å². The van der Waals surface area contributed by atoms with Gasteiger partial charge < -0.3 is 10.4 Å². The highest BCUT2D eigenvalue weighted by Crippen LogP contribution is 2.31. The predicted molar refractivity (Wildman–Crippen MR) is 105 cm³/mol. The van der Waals surface area contributed by atoms with E-state index in [1.54, 1.807) is 0 Å². The van der Waals surface area contributed by atoms with Crippen LogP contribution in [0.3, 0.4) is 0 Å². The van der Waals surface area contributed by atoms with Crippen molar-refractivity contribution < 1.29 is 5.11 Å². The molecule has 0 aliphatic heterocycles. The van der Waals surface area contributed by atoms with E-state index in [1.807, 2.05) is 24.3 Å². The van der Waals surface area contributed by atoms with Crippen LogP contribution in [0.25, 0.3) is 0 Å². The average Bonchev–Trinajstić information content (AvgIpc) is 2.86. The van der Waals surface area contributed by atoms with Crippen LogP contribution in [0.5, 0.6) is 0 Å². The molecule has 2 nitrogen and oxygen atoms in total. The van der Waals surface area contributed by atoms with Crippen molar-refractivity contribution in [1.29, 1.82) is 0 Å². The number of nitrogens with one attached hydrogen (secondary N) is 1. The van der Waals surface area contributed by atoms with Crippen LogP contribution >= 0.6 is 11.6 Å². The highest BCUT2D eigenvalue weighted by molar-refractivity contribution is 6.30. The summed E-state index contributed by atoms with van der Waals surface area (Å²) in [6.07, 6.45) is 6.41. The lowest BCUT2D eigenvalue weighted by molar-refractivity contribution is 0.165. The number of aliphatic hydroxyl groups excluding tert-OH is 1. The molecule has 3 rings (SSSR count). The zero-order valence-electron chi connectivity index (χ0n) is 14.7. The molecule has 25 heavy (non-hydrogen) atoms. The summed E-state index contributed by atoms with van der Waals surface area (Å²) < 4.78 is 0. The van der Waals surface area contributed by atoms with Gasteiger partial charge in [0.05, 0.1) is 6.10 Å². The molecule has 2 N–H and O–H groups in total. The summed E-state index contributed by atoms with van der Waals surface area (Å²) in [4.78, 5) is 0. The monoisotopic (exact) mass is 357 g/mol. The van der Waals surface area contributed by atoms with Gasteiger partial charge in [-0.3, -0.25) is 0 Å². The van der Waals surface area contributed by atoms with Crippen molar-refractivity contribution in [2.24, 2.45) is 0 Å². The molecule has 0 saturated heterocycles. The molecular weight excluding hydrogens is 330 g/mol. The third-order valence-corrected chi connectivity index (χ3v) is 5.48. The fourth-order valence-corrected chi connectivity index (χ4v) is 4.09. The van der Waals surface area contributed by atoms with Crippen molar-refractivity contribution in [3.8, 4) is 0 Å². The van der Waals surface area contributed by atoms with Gasteiger partial charge in [-0.25, -0.2) is 0 Å². The predicted octanol–water partition coefficient (Wildman–Crippen LogP) is 4.95. The smallest absolute Gasteiger partial charge is 0.0704 e. The first-order valence-corrected chi connectivity index (χ1v) is 9.79. The van der Waals surface area contributed by atoms with E-state index >= 15 is 0 Å². The molecule has 1 saturated carbocycles. The Kier molecular flexibility index (Phi) is 6.92. The van der Waals surface area contributed by atoms with Crippen molar-refractivity contribution in [3.05, 3.63) is 70.7 Å². The number of rotatable bonds is 6. The van der Waals surface area contributed by atoms with E-state index in [9.17, 15) is 5.11 Å². The van der Waals surface area contributed by atoms with Gasteiger partial charge in [-0.05, 0) is 61.3 Å². The Morgan fingerprint density at radius 1 is 1.00 bits per heavy atom. The number of aliphatic hydroxyl groups is 1. The number of hydrogen-bond acceptors (Lipinski definition) is 2. The molecule has 0 aromatic heterocycles. The zero-order chi connectivity index (χ0) is 17.5. The lowest BCUT2D eigenvalue weighted by atomic mass is 9.92. The van der Waals surface area contributed by atoms with E-state index in [2.05, 4.69) is 35.6 Å². The summed E-state index contributed by atoms with van der Waals surface area (Å²) in [6.45, 7) is 0.646. The van der Waals surface area contributed by atoms with Crippen LogP contribution in [-0.2, 0) is 6.42 Å². The average molecular weight is 358 g/mol. The standard InChI is InChI=1S/C22H28ClNO/c23-20-10-4-6-17(14-20)15-22(25)16-24-21-11-5-9-19(12-13-21)18-7-2-1-3-8-18/h1-4,6-8,10,14,19,21-22,24-25H,5,9,11-13,15-16H2. The Hall–Kier alpha value is -1.35. The molecule has 0 amide bonds. The summed E-state index contributed by atoms with van der Waals surface area (Å²) in [5.74, 6) is 0.685. The van der Waals surface area contributed by atoms with Crippen molar-refractivity contribution in [1.82, 2.24) is 5.32 Å². The second-order valence-corrected chi connectivity index (χ2v) is 7.65. The number of hydrogen-bond donors (Lipinski definition) is 2. The van der Waals surface area contributed by atoms with Gasteiger partial charge in [0, 0.05) is 17.6 Å². The van der Waals surface area contributed by atoms with Crippen LogP contribution in [-0.4, -0.2) is 23.8 Å². The minimum Gasteiger partial charge on any atom is -0.391 e. The lowest BCUT2D eigenvalue weighted by Crippen LogP contribution is -2.36. The van der Waals surface area contributed by atoms with Gasteiger partial charge >= 0.3 is 0 Å². The second kappa shape index (κ2) is 9.38. The van der Waals surface area contributed by atoms with Gasteiger partial charge in [-0.2, -0.15) is 0 Å². The van der Waals surface area contributed by atoms with Gasteiger partial charge in [0.2, 0.25) is 0 Å². The topological polar surface area (TPSA) is 32.3 Å². The van der Waals surface area contributed by atoms with E-state index in [0.29, 0.717) is 24.9 Å². The maximum absolute atomic E-state index is 10.3. The molecule has 2 aromatic rings. The molecule has 1 fully saturated rings. The van der Waals surface area contributed by atoms with Crippen LogP contribution in [0.4, 0.5) is 0 Å². The van der Waals surface area contributed by atoms with E-state index in [0.717, 1.165) is 10.6 Å². The Morgan fingerprint density at radius 2 is 1.84 bits per heavy atom. The maximum atomic E-state index is 10.3. The molecule has 1 aliphatic carbocycles. The highest BCUT2D eigenvalue weighted by Gasteiger charge is 2.20. The van der Waals surface area contributed by atoms with Crippen molar-refractivity contribution in [2.45, 2.75) is 56.6 Å². The van der Waals surface area contributed by atoms with Crippen molar-refractivity contribution in [2.75, 3.05) is 6.54 Å². The normalized spacial score (nSPS) is 22.3. The second-order valence-electron chi connectivity index (χ2n) is 7.21. The third-order valence-electron chi connectivity index (χ3n) is 5.24. The Morgan fingerprint density at radius 3 is 2.64 bits per heavy atom. The maximum Gasteiger partial charge on any atom is 0.0704 e. The molecular formula is C22H28ClNO. The molecule has 3 heteroatoms.